The number of nitrogens with zero attached hydrogens (tertiary/aromatic N) is 2. The average molecular weight is 393 g/mol. The van der Waals surface area contributed by atoms with Crippen molar-refractivity contribution >= 4 is 23.3 Å². The van der Waals surface area contributed by atoms with Gasteiger partial charge in [-0.3, -0.25) is 9.59 Å². The van der Waals surface area contributed by atoms with Crippen molar-refractivity contribution in [2.45, 2.75) is 12.8 Å². The van der Waals surface area contributed by atoms with Gasteiger partial charge in [-0.2, -0.15) is 0 Å². The molecule has 3 aromatic rings. The molecule has 1 amide bonds. The van der Waals surface area contributed by atoms with E-state index >= 15 is 0 Å². The second-order valence-electron chi connectivity index (χ2n) is 7.10. The molecule has 1 atom stereocenters. The summed E-state index contributed by atoms with van der Waals surface area (Å²) in [5, 5.41) is 0.611. The SMILES string of the molecule is O=C(c1ccc(Cl)cc1)C1CCCN(C(=O)c2cccc(-n3cccc3)c2)C1. The first-order valence-electron chi connectivity index (χ1n) is 9.44. The lowest BCUT2D eigenvalue weighted by molar-refractivity contribution is 0.0637. The molecule has 1 aliphatic rings. The number of rotatable bonds is 4. The van der Waals surface area contributed by atoms with Gasteiger partial charge in [-0.05, 0) is 67.4 Å². The summed E-state index contributed by atoms with van der Waals surface area (Å²) in [7, 11) is 0. The smallest absolute Gasteiger partial charge is 0.253 e. The van der Waals surface area contributed by atoms with E-state index in [1.807, 2.05) is 53.4 Å². The quantitative estimate of drug-likeness (QED) is 0.594. The van der Waals surface area contributed by atoms with E-state index < -0.39 is 0 Å². The van der Waals surface area contributed by atoms with E-state index in [9.17, 15) is 9.59 Å². The number of hydrogen-bond donors (Lipinski definition) is 0. The third kappa shape index (κ3) is 3.87. The van der Waals surface area contributed by atoms with Crippen LogP contribution in [-0.2, 0) is 0 Å². The Balaban J connectivity index is 1.50. The molecule has 4 nitrogen and oxygen atoms in total. The van der Waals surface area contributed by atoms with E-state index in [2.05, 4.69) is 0 Å². The number of amides is 1. The van der Waals surface area contributed by atoms with Crippen molar-refractivity contribution in [3.05, 3.63) is 89.2 Å². The number of benzene rings is 2. The summed E-state index contributed by atoms with van der Waals surface area (Å²) in [6, 6.07) is 18.5. The van der Waals surface area contributed by atoms with Crippen molar-refractivity contribution in [3.63, 3.8) is 0 Å². The van der Waals surface area contributed by atoms with Crippen LogP contribution in [-0.4, -0.2) is 34.2 Å². The first-order chi connectivity index (χ1) is 13.6. The maximum absolute atomic E-state index is 13.1. The molecule has 0 bridgehead atoms. The molecule has 0 spiro atoms. The van der Waals surface area contributed by atoms with Crippen molar-refractivity contribution in [2.24, 2.45) is 5.92 Å². The molecule has 2 heterocycles. The molecule has 0 saturated carbocycles. The first kappa shape index (κ1) is 18.5. The zero-order valence-corrected chi connectivity index (χ0v) is 16.2. The van der Waals surface area contributed by atoms with Crippen LogP contribution < -0.4 is 0 Å². The van der Waals surface area contributed by atoms with Crippen LogP contribution in [0.4, 0.5) is 0 Å². The van der Waals surface area contributed by atoms with E-state index in [1.54, 1.807) is 29.2 Å². The largest absolute Gasteiger partial charge is 0.338 e. The van der Waals surface area contributed by atoms with Gasteiger partial charge in [-0.1, -0.05) is 17.7 Å². The molecule has 28 heavy (non-hydrogen) atoms. The zero-order valence-electron chi connectivity index (χ0n) is 15.4. The fourth-order valence-corrected chi connectivity index (χ4v) is 3.84. The normalized spacial score (nSPS) is 16.8. The van der Waals surface area contributed by atoms with E-state index in [-0.39, 0.29) is 17.6 Å². The molecule has 4 rings (SSSR count). The Labute approximate surface area is 169 Å². The van der Waals surface area contributed by atoms with Crippen molar-refractivity contribution in [1.82, 2.24) is 9.47 Å². The number of aromatic nitrogens is 1. The number of carbonyl (C=O) groups is 2. The number of halogens is 1. The molecule has 142 valence electrons. The van der Waals surface area contributed by atoms with Crippen LogP contribution >= 0.6 is 11.6 Å². The third-order valence-corrected chi connectivity index (χ3v) is 5.46. The number of hydrogen-bond acceptors (Lipinski definition) is 2. The minimum absolute atomic E-state index is 0.0254. The van der Waals surface area contributed by atoms with Crippen molar-refractivity contribution in [2.75, 3.05) is 13.1 Å². The molecule has 1 unspecified atom stereocenters. The second kappa shape index (κ2) is 8.03. The highest BCUT2D eigenvalue weighted by Gasteiger charge is 2.29. The Morgan fingerprint density at radius 3 is 2.43 bits per heavy atom. The average Bonchev–Trinajstić information content (AvgIpc) is 3.28. The van der Waals surface area contributed by atoms with E-state index in [0.717, 1.165) is 18.5 Å². The predicted octanol–water partition coefficient (Wildman–Crippen LogP) is 4.87. The molecule has 2 aromatic carbocycles. The summed E-state index contributed by atoms with van der Waals surface area (Å²) >= 11 is 5.92. The van der Waals surface area contributed by atoms with Gasteiger partial charge in [-0.15, -0.1) is 0 Å². The van der Waals surface area contributed by atoms with Gasteiger partial charge in [0, 0.05) is 53.2 Å². The van der Waals surface area contributed by atoms with Crippen LogP contribution in [0, 0.1) is 5.92 Å². The fourth-order valence-electron chi connectivity index (χ4n) is 3.71. The van der Waals surface area contributed by atoms with Crippen molar-refractivity contribution in [3.8, 4) is 5.69 Å². The van der Waals surface area contributed by atoms with Crippen LogP contribution in [0.3, 0.4) is 0 Å². The highest BCUT2D eigenvalue weighted by Crippen LogP contribution is 2.24. The zero-order chi connectivity index (χ0) is 19.5. The molecule has 0 radical (unpaired) electrons. The van der Waals surface area contributed by atoms with Crippen LogP contribution in [0.1, 0.15) is 33.6 Å². The Hall–Kier alpha value is -2.85. The maximum atomic E-state index is 13.1. The molecule has 0 aliphatic carbocycles. The summed E-state index contributed by atoms with van der Waals surface area (Å²) in [5.41, 5.74) is 2.24. The number of piperidine rings is 1. The number of likely N-dealkylation sites (tertiary alicyclic amines) is 1. The maximum Gasteiger partial charge on any atom is 0.253 e. The third-order valence-electron chi connectivity index (χ3n) is 5.20. The Morgan fingerprint density at radius 2 is 1.68 bits per heavy atom. The molecule has 1 aromatic heterocycles. The standard InChI is InChI=1S/C23H21ClN2O2/c24-20-10-8-17(9-11-20)22(27)19-6-4-14-26(16-19)23(28)18-5-3-7-21(15-18)25-12-1-2-13-25/h1-3,5,7-13,15,19H,4,6,14,16H2. The molecular weight excluding hydrogens is 372 g/mol. The Bertz CT molecular complexity index is 980. The lowest BCUT2D eigenvalue weighted by atomic mass is 9.89. The first-order valence-corrected chi connectivity index (χ1v) is 9.82. The fraction of sp³-hybridized carbons (Fsp3) is 0.217. The second-order valence-corrected chi connectivity index (χ2v) is 7.54. The molecular formula is C23H21ClN2O2. The summed E-state index contributed by atoms with van der Waals surface area (Å²) in [5.74, 6) is -0.121. The van der Waals surface area contributed by atoms with E-state index in [4.69, 9.17) is 11.6 Å². The van der Waals surface area contributed by atoms with Crippen LogP contribution in [0.25, 0.3) is 5.69 Å². The lowest BCUT2D eigenvalue weighted by Crippen LogP contribution is -2.42. The van der Waals surface area contributed by atoms with Crippen molar-refractivity contribution in [1.29, 1.82) is 0 Å². The van der Waals surface area contributed by atoms with Gasteiger partial charge in [-0.25, -0.2) is 0 Å². The topological polar surface area (TPSA) is 42.3 Å². The molecule has 1 fully saturated rings. The summed E-state index contributed by atoms with van der Waals surface area (Å²) in [6.07, 6.45) is 5.53. The summed E-state index contributed by atoms with van der Waals surface area (Å²) in [6.45, 7) is 1.13. The monoisotopic (exact) mass is 392 g/mol. The van der Waals surface area contributed by atoms with Crippen LogP contribution in [0.15, 0.2) is 73.1 Å². The lowest BCUT2D eigenvalue weighted by Gasteiger charge is -2.32. The van der Waals surface area contributed by atoms with E-state index in [1.165, 1.54) is 0 Å². The van der Waals surface area contributed by atoms with Gasteiger partial charge in [0.25, 0.3) is 5.91 Å². The number of ketones is 1. The van der Waals surface area contributed by atoms with Gasteiger partial charge in [0.05, 0.1) is 0 Å². The molecule has 1 saturated heterocycles. The van der Waals surface area contributed by atoms with Gasteiger partial charge in [0.1, 0.15) is 0 Å². The molecule has 0 N–H and O–H groups in total. The van der Waals surface area contributed by atoms with Crippen LogP contribution in [0.2, 0.25) is 5.02 Å². The highest BCUT2D eigenvalue weighted by molar-refractivity contribution is 6.30. The predicted molar refractivity (Wildman–Crippen MR) is 110 cm³/mol. The van der Waals surface area contributed by atoms with Crippen molar-refractivity contribution < 1.29 is 9.59 Å². The number of carbonyl (C=O) groups excluding carboxylic acids is 2. The van der Waals surface area contributed by atoms with Gasteiger partial charge < -0.3 is 9.47 Å². The summed E-state index contributed by atoms with van der Waals surface area (Å²) in [4.78, 5) is 27.7. The Morgan fingerprint density at radius 1 is 0.929 bits per heavy atom. The molecule has 1 aliphatic heterocycles. The highest BCUT2D eigenvalue weighted by atomic mass is 35.5. The number of Topliss-reactive ketones (excluding diaryl/α,β-unsaturated/α-hetero) is 1. The summed E-state index contributed by atoms with van der Waals surface area (Å²) < 4.78 is 1.97. The van der Waals surface area contributed by atoms with Gasteiger partial charge in [0.15, 0.2) is 5.78 Å². The van der Waals surface area contributed by atoms with Gasteiger partial charge >= 0.3 is 0 Å². The van der Waals surface area contributed by atoms with Gasteiger partial charge in [0.2, 0.25) is 0 Å². The van der Waals surface area contributed by atoms with E-state index in [0.29, 0.717) is 29.2 Å². The minimum atomic E-state index is -0.175. The minimum Gasteiger partial charge on any atom is -0.338 e. The van der Waals surface area contributed by atoms with Crippen LogP contribution in [0.5, 0.6) is 0 Å². The molecule has 5 heteroatoms. The Kier molecular flexibility index (Phi) is 5.31.